The minimum atomic E-state index is -4.58. The van der Waals surface area contributed by atoms with Gasteiger partial charge in [0.1, 0.15) is 12.6 Å². The van der Waals surface area contributed by atoms with E-state index < -0.39 is 17.6 Å². The normalized spacial score (nSPS) is 10.4. The second-order valence-electron chi connectivity index (χ2n) is 5.43. The lowest BCUT2D eigenvalue weighted by Gasteiger charge is -2.10. The fourth-order valence-corrected chi connectivity index (χ4v) is 2.39. The molecule has 150 valence electrons. The van der Waals surface area contributed by atoms with E-state index in [4.69, 9.17) is 4.79 Å². The second kappa shape index (κ2) is 10.3. The first-order chi connectivity index (χ1) is 13.3. The largest absolute Gasteiger partial charge is 0.416 e. The molecule has 1 aromatic carbocycles. The SMILES string of the molecule is C=O.CC.Cc1ccn(-c2ccnc(Cc3cc(F)cc(C(F)(F)F)c3)c2)n1. The lowest BCUT2D eigenvalue weighted by atomic mass is 10.0. The van der Waals surface area contributed by atoms with Gasteiger partial charge in [-0.1, -0.05) is 13.8 Å². The number of hydrogen-bond donors (Lipinski definition) is 0. The number of pyridine rings is 1. The van der Waals surface area contributed by atoms with Crippen molar-refractivity contribution in [1.82, 2.24) is 14.8 Å². The van der Waals surface area contributed by atoms with Gasteiger partial charge in [-0.3, -0.25) is 4.98 Å². The van der Waals surface area contributed by atoms with E-state index in [1.807, 2.05) is 33.6 Å². The lowest BCUT2D eigenvalue weighted by Crippen LogP contribution is -2.07. The number of nitrogens with zero attached hydrogens (tertiary/aromatic N) is 3. The maximum absolute atomic E-state index is 13.5. The Morgan fingerprint density at radius 2 is 1.75 bits per heavy atom. The summed E-state index contributed by atoms with van der Waals surface area (Å²) in [6.45, 7) is 7.85. The molecule has 0 unspecified atom stereocenters. The molecule has 0 spiro atoms. The van der Waals surface area contributed by atoms with Crippen molar-refractivity contribution in [3.05, 3.63) is 77.1 Å². The fourth-order valence-electron chi connectivity index (χ4n) is 2.39. The van der Waals surface area contributed by atoms with Gasteiger partial charge in [0.05, 0.1) is 16.9 Å². The first-order valence-electron chi connectivity index (χ1n) is 8.44. The Morgan fingerprint density at radius 3 is 2.32 bits per heavy atom. The van der Waals surface area contributed by atoms with Gasteiger partial charge in [0, 0.05) is 24.5 Å². The molecule has 0 saturated carbocycles. The highest BCUT2D eigenvalue weighted by Gasteiger charge is 2.31. The lowest BCUT2D eigenvalue weighted by molar-refractivity contribution is -0.137. The summed E-state index contributed by atoms with van der Waals surface area (Å²) in [7, 11) is 0. The minimum absolute atomic E-state index is 0.0922. The summed E-state index contributed by atoms with van der Waals surface area (Å²) in [5.74, 6) is -0.918. The number of carbonyl (C=O) groups is 1. The number of rotatable bonds is 3. The van der Waals surface area contributed by atoms with Gasteiger partial charge in [0.15, 0.2) is 0 Å². The van der Waals surface area contributed by atoms with Crippen LogP contribution in [0.25, 0.3) is 5.69 Å². The van der Waals surface area contributed by atoms with Gasteiger partial charge in [-0.05, 0) is 48.9 Å². The highest BCUT2D eigenvalue weighted by atomic mass is 19.4. The second-order valence-corrected chi connectivity index (χ2v) is 5.43. The average Bonchev–Trinajstić information content (AvgIpc) is 3.11. The summed E-state index contributed by atoms with van der Waals surface area (Å²) in [6.07, 6.45) is -1.17. The van der Waals surface area contributed by atoms with Crippen LogP contribution in [0.5, 0.6) is 0 Å². The third-order valence-electron chi connectivity index (χ3n) is 3.46. The van der Waals surface area contributed by atoms with Crippen LogP contribution in [0.15, 0.2) is 48.8 Å². The van der Waals surface area contributed by atoms with Crippen LogP contribution in [0.4, 0.5) is 17.6 Å². The molecular formula is C20H21F4N3O. The van der Waals surface area contributed by atoms with Crippen LogP contribution in [0, 0.1) is 12.7 Å². The van der Waals surface area contributed by atoms with Crippen molar-refractivity contribution in [1.29, 1.82) is 0 Å². The Hall–Kier alpha value is -3.03. The van der Waals surface area contributed by atoms with E-state index in [1.54, 1.807) is 29.2 Å². The number of benzene rings is 1. The molecule has 8 heteroatoms. The molecular weight excluding hydrogens is 374 g/mol. The number of aryl methyl sites for hydroxylation is 1. The van der Waals surface area contributed by atoms with Crippen LogP contribution in [0.1, 0.15) is 36.4 Å². The molecule has 0 radical (unpaired) electrons. The van der Waals surface area contributed by atoms with Crippen LogP contribution in [-0.4, -0.2) is 21.6 Å². The average molecular weight is 395 g/mol. The van der Waals surface area contributed by atoms with Gasteiger partial charge in [-0.25, -0.2) is 9.07 Å². The van der Waals surface area contributed by atoms with E-state index in [0.717, 1.165) is 23.5 Å². The molecule has 0 N–H and O–H groups in total. The van der Waals surface area contributed by atoms with Gasteiger partial charge >= 0.3 is 6.18 Å². The number of hydrogen-bond acceptors (Lipinski definition) is 3. The minimum Gasteiger partial charge on any atom is -0.307 e. The molecule has 4 nitrogen and oxygen atoms in total. The van der Waals surface area contributed by atoms with Crippen molar-refractivity contribution in [3.63, 3.8) is 0 Å². The third-order valence-corrected chi connectivity index (χ3v) is 3.46. The molecule has 2 aromatic heterocycles. The number of alkyl halides is 3. The first kappa shape index (κ1) is 23.0. The van der Waals surface area contributed by atoms with Crippen LogP contribution in [0.3, 0.4) is 0 Å². The monoisotopic (exact) mass is 395 g/mol. The molecule has 0 aliphatic heterocycles. The predicted molar refractivity (Wildman–Crippen MR) is 98.8 cm³/mol. The summed E-state index contributed by atoms with van der Waals surface area (Å²) >= 11 is 0. The smallest absolute Gasteiger partial charge is 0.307 e. The Kier molecular flexibility index (Phi) is 8.50. The predicted octanol–water partition coefficient (Wildman–Crippen LogP) is 5.17. The molecule has 0 saturated heterocycles. The molecule has 0 fully saturated rings. The topological polar surface area (TPSA) is 47.8 Å². The zero-order valence-corrected chi connectivity index (χ0v) is 15.8. The van der Waals surface area contributed by atoms with E-state index in [1.165, 1.54) is 0 Å². The molecule has 0 aliphatic carbocycles. The van der Waals surface area contributed by atoms with Crippen LogP contribution < -0.4 is 0 Å². The van der Waals surface area contributed by atoms with Crippen molar-refractivity contribution in [2.24, 2.45) is 0 Å². The van der Waals surface area contributed by atoms with Gasteiger partial charge < -0.3 is 4.79 Å². The molecule has 2 heterocycles. The fraction of sp³-hybridized carbons (Fsp3) is 0.250. The highest BCUT2D eigenvalue weighted by molar-refractivity contribution is 5.35. The Labute approximate surface area is 160 Å². The summed E-state index contributed by atoms with van der Waals surface area (Å²) in [5.41, 5.74) is 1.31. The van der Waals surface area contributed by atoms with E-state index in [2.05, 4.69) is 10.1 Å². The van der Waals surface area contributed by atoms with E-state index in [9.17, 15) is 17.6 Å². The Morgan fingerprint density at radius 1 is 1.07 bits per heavy atom. The van der Waals surface area contributed by atoms with Gasteiger partial charge in [-0.15, -0.1) is 0 Å². The van der Waals surface area contributed by atoms with E-state index in [0.29, 0.717) is 11.8 Å². The molecule has 3 aromatic rings. The van der Waals surface area contributed by atoms with Crippen molar-refractivity contribution < 1.29 is 22.4 Å². The third kappa shape index (κ3) is 6.29. The summed E-state index contributed by atoms with van der Waals surface area (Å²) in [6, 6.07) is 7.80. The molecule has 0 atom stereocenters. The maximum atomic E-state index is 13.5. The zero-order chi connectivity index (χ0) is 21.3. The standard InChI is InChI=1S/C17H13F4N3.C2H6.CH2O/c1-11-3-5-24(23-11)16-2-4-22-15(10-16)8-12-6-13(17(19,20)21)9-14(18)7-12;2*1-2/h2-7,9-10H,8H2,1H3;1-2H3;1H2. The number of aromatic nitrogens is 3. The summed E-state index contributed by atoms with van der Waals surface area (Å²) in [4.78, 5) is 12.1. The Balaban J connectivity index is 0.000000921. The molecule has 0 aliphatic rings. The highest BCUT2D eigenvalue weighted by Crippen LogP contribution is 2.30. The van der Waals surface area contributed by atoms with Crippen molar-refractivity contribution in [2.75, 3.05) is 0 Å². The number of halogens is 4. The van der Waals surface area contributed by atoms with Crippen molar-refractivity contribution >= 4 is 6.79 Å². The summed E-state index contributed by atoms with van der Waals surface area (Å²) < 4.78 is 53.5. The van der Waals surface area contributed by atoms with Crippen LogP contribution in [0.2, 0.25) is 0 Å². The van der Waals surface area contributed by atoms with Gasteiger partial charge in [0.25, 0.3) is 0 Å². The molecule has 0 bridgehead atoms. The maximum Gasteiger partial charge on any atom is 0.416 e. The van der Waals surface area contributed by atoms with Crippen LogP contribution >= 0.6 is 0 Å². The molecule has 28 heavy (non-hydrogen) atoms. The van der Waals surface area contributed by atoms with E-state index >= 15 is 0 Å². The van der Waals surface area contributed by atoms with Crippen molar-refractivity contribution in [2.45, 2.75) is 33.4 Å². The Bertz CT molecular complexity index is 891. The molecule has 3 rings (SSSR count). The van der Waals surface area contributed by atoms with Crippen molar-refractivity contribution in [3.8, 4) is 5.69 Å². The van der Waals surface area contributed by atoms with Crippen LogP contribution in [-0.2, 0) is 17.4 Å². The quantitative estimate of drug-likeness (QED) is 0.575. The number of carbonyl (C=O) groups excluding carboxylic acids is 1. The van der Waals surface area contributed by atoms with Gasteiger partial charge in [-0.2, -0.15) is 18.3 Å². The first-order valence-corrected chi connectivity index (χ1v) is 8.44. The van der Waals surface area contributed by atoms with E-state index in [-0.39, 0.29) is 12.0 Å². The summed E-state index contributed by atoms with van der Waals surface area (Å²) in [5, 5.41) is 4.27. The molecule has 0 amide bonds. The zero-order valence-electron chi connectivity index (χ0n) is 15.8. The van der Waals surface area contributed by atoms with Gasteiger partial charge in [0.2, 0.25) is 0 Å².